The highest BCUT2D eigenvalue weighted by Crippen LogP contribution is 2.24. The zero-order chi connectivity index (χ0) is 17.4. The van der Waals surface area contributed by atoms with E-state index in [1.54, 1.807) is 4.90 Å². The smallest absolute Gasteiger partial charge is 0.242 e. The monoisotopic (exact) mass is 327 g/mol. The zero-order valence-corrected chi connectivity index (χ0v) is 14.8. The van der Waals surface area contributed by atoms with Gasteiger partial charge >= 0.3 is 0 Å². The van der Waals surface area contributed by atoms with E-state index in [4.69, 9.17) is 11.5 Å². The minimum Gasteiger partial charge on any atom is -0.353 e. The second kappa shape index (κ2) is 9.85. The Labute approximate surface area is 139 Å². The topological polar surface area (TPSA) is 105 Å². The van der Waals surface area contributed by atoms with Crippen LogP contribution in [0.1, 0.15) is 32.6 Å². The van der Waals surface area contributed by atoms with E-state index >= 15 is 0 Å². The van der Waals surface area contributed by atoms with Crippen LogP contribution in [0.25, 0.3) is 0 Å². The van der Waals surface area contributed by atoms with Crippen LogP contribution in [0.15, 0.2) is 0 Å². The van der Waals surface area contributed by atoms with Crippen molar-refractivity contribution in [3.05, 3.63) is 0 Å². The van der Waals surface area contributed by atoms with Crippen molar-refractivity contribution < 1.29 is 9.59 Å². The molecule has 0 bridgehead atoms. The first-order valence-electron chi connectivity index (χ1n) is 8.55. The molecule has 0 aliphatic carbocycles. The number of nitrogens with zero attached hydrogens (tertiary/aromatic N) is 2. The lowest BCUT2D eigenvalue weighted by molar-refractivity contribution is -0.139. The Kier molecular flexibility index (Phi) is 8.51. The number of carbonyl (C=O) groups excluding carboxylic acids is 2. The normalized spacial score (nSPS) is 22.4. The third kappa shape index (κ3) is 6.45. The number of rotatable bonds is 9. The van der Waals surface area contributed by atoms with Crippen LogP contribution < -0.4 is 16.8 Å². The van der Waals surface area contributed by atoms with E-state index in [0.29, 0.717) is 38.4 Å². The number of unbranched alkanes of at least 4 members (excludes halogenated alkanes) is 1. The first-order chi connectivity index (χ1) is 10.9. The first-order valence-corrected chi connectivity index (χ1v) is 8.55. The van der Waals surface area contributed by atoms with Crippen LogP contribution in [-0.4, -0.2) is 74.0 Å². The SMILES string of the molecule is C[C@H]1C[C@@H](C(=O)NCCN(C)C)N(C(=O)[C@H](N)CCCCN)C1. The second-order valence-corrected chi connectivity index (χ2v) is 6.83. The number of carbonyl (C=O) groups is 2. The van der Waals surface area contributed by atoms with Gasteiger partial charge < -0.3 is 26.6 Å². The minimum absolute atomic E-state index is 0.0706. The summed E-state index contributed by atoms with van der Waals surface area (Å²) in [5, 5.41) is 2.92. The van der Waals surface area contributed by atoms with Gasteiger partial charge in [0, 0.05) is 19.6 Å². The molecule has 7 nitrogen and oxygen atoms in total. The van der Waals surface area contributed by atoms with Gasteiger partial charge in [-0.1, -0.05) is 13.3 Å². The fourth-order valence-electron chi connectivity index (χ4n) is 2.90. The Hall–Kier alpha value is -1.18. The third-order valence-electron chi connectivity index (χ3n) is 4.24. The van der Waals surface area contributed by atoms with E-state index < -0.39 is 6.04 Å². The lowest BCUT2D eigenvalue weighted by Crippen LogP contribution is -2.51. The Morgan fingerprint density at radius 1 is 1.35 bits per heavy atom. The summed E-state index contributed by atoms with van der Waals surface area (Å²) in [5.74, 6) is 0.137. The van der Waals surface area contributed by atoms with Crippen LogP contribution in [0.2, 0.25) is 0 Å². The molecule has 2 amide bonds. The summed E-state index contributed by atoms with van der Waals surface area (Å²) >= 11 is 0. The molecule has 0 radical (unpaired) electrons. The third-order valence-corrected chi connectivity index (χ3v) is 4.24. The Bertz CT molecular complexity index is 389. The Balaban J connectivity index is 2.56. The van der Waals surface area contributed by atoms with Gasteiger partial charge in [0.1, 0.15) is 6.04 Å². The molecule has 0 unspecified atom stereocenters. The summed E-state index contributed by atoms with van der Waals surface area (Å²) in [4.78, 5) is 28.6. The van der Waals surface area contributed by atoms with Crippen LogP contribution in [0, 0.1) is 5.92 Å². The first kappa shape index (κ1) is 19.9. The standard InChI is InChI=1S/C16H33N5O2/c1-12-10-14(15(22)19-8-9-20(2)3)21(11-12)16(23)13(18)6-4-5-7-17/h12-14H,4-11,17-18H2,1-3H3,(H,19,22)/t12-,13+,14-/m0/s1. The van der Waals surface area contributed by atoms with Crippen molar-refractivity contribution in [2.45, 2.75) is 44.7 Å². The Morgan fingerprint density at radius 3 is 2.65 bits per heavy atom. The van der Waals surface area contributed by atoms with Crippen LogP contribution in [0.4, 0.5) is 0 Å². The van der Waals surface area contributed by atoms with E-state index in [9.17, 15) is 9.59 Å². The van der Waals surface area contributed by atoms with Gasteiger partial charge in [-0.15, -0.1) is 0 Å². The van der Waals surface area contributed by atoms with Gasteiger partial charge in [-0.25, -0.2) is 0 Å². The molecule has 1 fully saturated rings. The van der Waals surface area contributed by atoms with Crippen LogP contribution >= 0.6 is 0 Å². The number of likely N-dealkylation sites (N-methyl/N-ethyl adjacent to an activating group) is 1. The van der Waals surface area contributed by atoms with E-state index in [1.165, 1.54) is 0 Å². The molecule has 3 atom stereocenters. The number of likely N-dealkylation sites (tertiary alicyclic amines) is 1. The molecule has 134 valence electrons. The molecular weight excluding hydrogens is 294 g/mol. The molecule has 0 saturated carbocycles. The molecule has 0 spiro atoms. The molecular formula is C16H33N5O2. The zero-order valence-electron chi connectivity index (χ0n) is 14.8. The molecule has 1 heterocycles. The molecule has 0 aromatic carbocycles. The maximum Gasteiger partial charge on any atom is 0.242 e. The average molecular weight is 327 g/mol. The predicted octanol–water partition coefficient (Wildman–Crippen LogP) is -0.642. The van der Waals surface area contributed by atoms with Gasteiger partial charge in [0.25, 0.3) is 0 Å². The van der Waals surface area contributed by atoms with E-state index in [2.05, 4.69) is 12.2 Å². The molecule has 0 aromatic heterocycles. The fraction of sp³-hybridized carbons (Fsp3) is 0.875. The highest BCUT2D eigenvalue weighted by atomic mass is 16.2. The largest absolute Gasteiger partial charge is 0.353 e. The number of nitrogens with two attached hydrogens (primary N) is 2. The van der Waals surface area contributed by atoms with Crippen molar-refractivity contribution >= 4 is 11.8 Å². The molecule has 7 heteroatoms. The van der Waals surface area contributed by atoms with Gasteiger partial charge in [0.15, 0.2) is 0 Å². The van der Waals surface area contributed by atoms with Crippen molar-refractivity contribution in [1.82, 2.24) is 15.1 Å². The van der Waals surface area contributed by atoms with Crippen molar-refractivity contribution in [2.24, 2.45) is 17.4 Å². The maximum atomic E-state index is 12.6. The molecule has 0 aromatic rings. The lowest BCUT2D eigenvalue weighted by Gasteiger charge is -2.27. The van der Waals surface area contributed by atoms with Gasteiger partial charge in [0.05, 0.1) is 6.04 Å². The summed E-state index contributed by atoms with van der Waals surface area (Å²) < 4.78 is 0. The predicted molar refractivity (Wildman–Crippen MR) is 91.7 cm³/mol. The van der Waals surface area contributed by atoms with Crippen molar-refractivity contribution in [3.8, 4) is 0 Å². The summed E-state index contributed by atoms with van der Waals surface area (Å²) in [5.41, 5.74) is 11.5. The van der Waals surface area contributed by atoms with E-state index in [-0.39, 0.29) is 17.9 Å². The highest BCUT2D eigenvalue weighted by molar-refractivity contribution is 5.90. The average Bonchev–Trinajstić information content (AvgIpc) is 2.88. The molecule has 23 heavy (non-hydrogen) atoms. The highest BCUT2D eigenvalue weighted by Gasteiger charge is 2.39. The summed E-state index contributed by atoms with van der Waals surface area (Å²) in [6.45, 7) is 4.64. The number of nitrogens with one attached hydrogen (secondary N) is 1. The van der Waals surface area contributed by atoms with Gasteiger partial charge in [-0.2, -0.15) is 0 Å². The summed E-state index contributed by atoms with van der Waals surface area (Å²) in [6, 6.07) is -0.927. The summed E-state index contributed by atoms with van der Waals surface area (Å²) in [6.07, 6.45) is 3.03. The minimum atomic E-state index is -0.538. The quantitative estimate of drug-likeness (QED) is 0.489. The Morgan fingerprint density at radius 2 is 2.04 bits per heavy atom. The van der Waals surface area contributed by atoms with Crippen LogP contribution in [-0.2, 0) is 9.59 Å². The van der Waals surface area contributed by atoms with Crippen LogP contribution in [0.5, 0.6) is 0 Å². The summed E-state index contributed by atoms with van der Waals surface area (Å²) in [7, 11) is 3.92. The number of hydrogen-bond acceptors (Lipinski definition) is 5. The molecule has 1 aliphatic heterocycles. The molecule has 5 N–H and O–H groups in total. The molecule has 1 saturated heterocycles. The van der Waals surface area contributed by atoms with E-state index in [0.717, 1.165) is 19.4 Å². The van der Waals surface area contributed by atoms with Gasteiger partial charge in [-0.05, 0) is 45.8 Å². The number of amides is 2. The van der Waals surface area contributed by atoms with Crippen molar-refractivity contribution in [2.75, 3.05) is 40.3 Å². The fourth-order valence-corrected chi connectivity index (χ4v) is 2.90. The van der Waals surface area contributed by atoms with Gasteiger partial charge in [-0.3, -0.25) is 9.59 Å². The maximum absolute atomic E-state index is 12.6. The van der Waals surface area contributed by atoms with E-state index in [1.807, 2.05) is 19.0 Å². The molecule has 1 aliphatic rings. The van der Waals surface area contributed by atoms with Crippen molar-refractivity contribution in [3.63, 3.8) is 0 Å². The lowest BCUT2D eigenvalue weighted by atomic mass is 10.1. The van der Waals surface area contributed by atoms with Gasteiger partial charge in [0.2, 0.25) is 11.8 Å². The second-order valence-electron chi connectivity index (χ2n) is 6.83. The molecule has 1 rings (SSSR count). The number of hydrogen-bond donors (Lipinski definition) is 3. The van der Waals surface area contributed by atoms with Crippen LogP contribution in [0.3, 0.4) is 0 Å². The van der Waals surface area contributed by atoms with Crippen molar-refractivity contribution in [1.29, 1.82) is 0 Å².